The topological polar surface area (TPSA) is 91.6 Å². The summed E-state index contributed by atoms with van der Waals surface area (Å²) in [5.41, 5.74) is 0.602. The number of aromatic nitrogens is 2. The Morgan fingerprint density at radius 1 is 0.943 bits per heavy atom. The predicted molar refractivity (Wildman–Crippen MR) is 137 cm³/mol. The summed E-state index contributed by atoms with van der Waals surface area (Å²) in [6.07, 6.45) is 1.16. The molecule has 0 aliphatic heterocycles. The number of methoxy groups -OCH3 is 2. The van der Waals surface area contributed by atoms with Crippen molar-refractivity contribution >= 4 is 28.1 Å². The van der Waals surface area contributed by atoms with Crippen LogP contribution in [0.3, 0.4) is 0 Å². The molecule has 1 N–H and O–H groups in total. The molecular weight excluding hydrogens is 466 g/mol. The van der Waals surface area contributed by atoms with E-state index >= 15 is 0 Å². The number of carbonyl (C=O) groups excluding carboxylic acids is 1. The standard InChI is InChI=1S/C26H27N3O5S/c1-33-22-10-9-18(16-23(22)34-2)11-13-27-24(30)17-29-21-8-4-3-7-20(21)25(31)28(26(29)32)14-12-19-6-5-15-35-19/h3-10,15-16H,11-14,17H2,1-2H3,(H,27,30). The van der Waals surface area contributed by atoms with E-state index in [1.54, 1.807) is 49.8 Å². The fourth-order valence-corrected chi connectivity index (χ4v) is 4.68. The van der Waals surface area contributed by atoms with Crippen LogP contribution in [0.15, 0.2) is 69.6 Å². The van der Waals surface area contributed by atoms with Crippen LogP contribution < -0.4 is 26.0 Å². The Balaban J connectivity index is 1.50. The van der Waals surface area contributed by atoms with E-state index in [1.807, 2.05) is 35.7 Å². The Labute approximate surface area is 206 Å². The highest BCUT2D eigenvalue weighted by Gasteiger charge is 2.15. The lowest BCUT2D eigenvalue weighted by atomic mass is 10.1. The van der Waals surface area contributed by atoms with Crippen molar-refractivity contribution in [1.29, 1.82) is 0 Å². The number of aryl methyl sites for hydroxylation is 1. The van der Waals surface area contributed by atoms with Gasteiger partial charge in [-0.1, -0.05) is 24.3 Å². The van der Waals surface area contributed by atoms with Crippen LogP contribution in [-0.4, -0.2) is 35.8 Å². The van der Waals surface area contributed by atoms with Crippen LogP contribution in [0.1, 0.15) is 10.4 Å². The first-order valence-corrected chi connectivity index (χ1v) is 12.1. The van der Waals surface area contributed by atoms with Gasteiger partial charge in [0.05, 0.1) is 25.1 Å². The number of ether oxygens (including phenoxy) is 2. The number of carbonyl (C=O) groups is 1. The summed E-state index contributed by atoms with van der Waals surface area (Å²) in [5.74, 6) is 0.959. The Hall–Kier alpha value is -3.85. The van der Waals surface area contributed by atoms with Crippen LogP contribution in [0.5, 0.6) is 11.5 Å². The van der Waals surface area contributed by atoms with E-state index in [0.29, 0.717) is 41.8 Å². The molecule has 4 rings (SSSR count). The molecule has 35 heavy (non-hydrogen) atoms. The molecule has 0 saturated heterocycles. The van der Waals surface area contributed by atoms with Crippen molar-refractivity contribution in [3.8, 4) is 11.5 Å². The van der Waals surface area contributed by atoms with E-state index in [4.69, 9.17) is 9.47 Å². The number of fused-ring (bicyclic) bond motifs is 1. The minimum atomic E-state index is -0.486. The molecule has 0 aliphatic carbocycles. The molecule has 1 amide bonds. The van der Waals surface area contributed by atoms with Gasteiger partial charge < -0.3 is 14.8 Å². The van der Waals surface area contributed by atoms with Crippen LogP contribution in [-0.2, 0) is 30.7 Å². The Morgan fingerprint density at radius 3 is 2.49 bits per heavy atom. The average molecular weight is 494 g/mol. The Morgan fingerprint density at radius 2 is 1.74 bits per heavy atom. The number of rotatable bonds is 10. The summed E-state index contributed by atoms with van der Waals surface area (Å²) < 4.78 is 13.2. The molecule has 2 heterocycles. The van der Waals surface area contributed by atoms with Gasteiger partial charge >= 0.3 is 5.69 Å². The molecule has 2 aromatic heterocycles. The number of thiophene rings is 1. The molecule has 0 saturated carbocycles. The summed E-state index contributed by atoms with van der Waals surface area (Å²) in [6, 6.07) is 16.4. The minimum Gasteiger partial charge on any atom is -0.493 e. The fourth-order valence-electron chi connectivity index (χ4n) is 3.98. The predicted octanol–water partition coefficient (Wildman–Crippen LogP) is 2.84. The maximum atomic E-state index is 13.2. The second kappa shape index (κ2) is 11.1. The quantitative estimate of drug-likeness (QED) is 0.367. The average Bonchev–Trinajstić information content (AvgIpc) is 3.40. The summed E-state index contributed by atoms with van der Waals surface area (Å²) in [4.78, 5) is 40.1. The second-order valence-corrected chi connectivity index (χ2v) is 8.99. The first kappa shape index (κ1) is 24.3. The monoisotopic (exact) mass is 493 g/mol. The van der Waals surface area contributed by atoms with Gasteiger partial charge in [0, 0.05) is 18.0 Å². The highest BCUT2D eigenvalue weighted by atomic mass is 32.1. The van der Waals surface area contributed by atoms with Crippen molar-refractivity contribution < 1.29 is 14.3 Å². The van der Waals surface area contributed by atoms with Crippen molar-refractivity contribution in [3.63, 3.8) is 0 Å². The van der Waals surface area contributed by atoms with E-state index in [-0.39, 0.29) is 24.6 Å². The first-order valence-electron chi connectivity index (χ1n) is 11.2. The van der Waals surface area contributed by atoms with Crippen molar-refractivity contribution in [1.82, 2.24) is 14.5 Å². The molecule has 0 spiro atoms. The van der Waals surface area contributed by atoms with E-state index < -0.39 is 5.69 Å². The first-order chi connectivity index (χ1) is 17.0. The number of hydrogen-bond acceptors (Lipinski definition) is 6. The van der Waals surface area contributed by atoms with Gasteiger partial charge in [-0.2, -0.15) is 0 Å². The second-order valence-electron chi connectivity index (χ2n) is 7.96. The molecule has 0 aliphatic rings. The van der Waals surface area contributed by atoms with Gasteiger partial charge in [-0.25, -0.2) is 4.79 Å². The lowest BCUT2D eigenvalue weighted by molar-refractivity contribution is -0.121. The van der Waals surface area contributed by atoms with E-state index in [1.165, 1.54) is 9.13 Å². The largest absolute Gasteiger partial charge is 0.493 e. The Bertz CT molecular complexity index is 1440. The summed E-state index contributed by atoms with van der Waals surface area (Å²) >= 11 is 1.58. The zero-order valence-electron chi connectivity index (χ0n) is 19.7. The van der Waals surface area contributed by atoms with E-state index in [9.17, 15) is 14.4 Å². The van der Waals surface area contributed by atoms with Crippen molar-refractivity contribution in [3.05, 3.63) is 91.3 Å². The smallest absolute Gasteiger partial charge is 0.331 e. The molecular formula is C26H27N3O5S. The maximum Gasteiger partial charge on any atom is 0.331 e. The van der Waals surface area contributed by atoms with Gasteiger partial charge in [-0.15, -0.1) is 11.3 Å². The van der Waals surface area contributed by atoms with Crippen molar-refractivity contribution in [2.75, 3.05) is 20.8 Å². The summed E-state index contributed by atoms with van der Waals surface area (Å²) in [7, 11) is 3.15. The zero-order chi connectivity index (χ0) is 24.8. The highest BCUT2D eigenvalue weighted by Crippen LogP contribution is 2.27. The van der Waals surface area contributed by atoms with Gasteiger partial charge in [0.1, 0.15) is 6.54 Å². The summed E-state index contributed by atoms with van der Waals surface area (Å²) in [5, 5.41) is 5.24. The molecule has 182 valence electrons. The van der Waals surface area contributed by atoms with Gasteiger partial charge in [-0.3, -0.25) is 18.7 Å². The lowest BCUT2D eigenvalue weighted by Crippen LogP contribution is -2.43. The molecule has 0 fully saturated rings. The van der Waals surface area contributed by atoms with Crippen LogP contribution in [0.2, 0.25) is 0 Å². The highest BCUT2D eigenvalue weighted by molar-refractivity contribution is 7.09. The third-order valence-electron chi connectivity index (χ3n) is 5.78. The normalized spacial score (nSPS) is 10.9. The van der Waals surface area contributed by atoms with Crippen LogP contribution in [0.4, 0.5) is 0 Å². The molecule has 0 bridgehead atoms. The van der Waals surface area contributed by atoms with Gasteiger partial charge in [0.15, 0.2) is 11.5 Å². The van der Waals surface area contributed by atoms with Crippen molar-refractivity contribution in [2.45, 2.75) is 25.9 Å². The van der Waals surface area contributed by atoms with Gasteiger partial charge in [0.2, 0.25) is 5.91 Å². The fraction of sp³-hybridized carbons (Fsp3) is 0.269. The summed E-state index contributed by atoms with van der Waals surface area (Å²) in [6.45, 7) is 0.466. The molecule has 8 nitrogen and oxygen atoms in total. The number of amides is 1. The molecule has 0 radical (unpaired) electrons. The number of hydrogen-bond donors (Lipinski definition) is 1. The van der Waals surface area contributed by atoms with Crippen LogP contribution in [0.25, 0.3) is 10.9 Å². The third kappa shape index (κ3) is 5.46. The molecule has 0 atom stereocenters. The minimum absolute atomic E-state index is 0.176. The van der Waals surface area contributed by atoms with Crippen molar-refractivity contribution in [2.24, 2.45) is 0 Å². The van der Waals surface area contributed by atoms with E-state index in [0.717, 1.165) is 10.4 Å². The molecule has 4 aromatic rings. The molecule has 0 unspecified atom stereocenters. The SMILES string of the molecule is COc1ccc(CCNC(=O)Cn2c(=O)n(CCc3cccs3)c(=O)c3ccccc32)cc1OC. The van der Waals surface area contributed by atoms with Crippen LogP contribution >= 0.6 is 11.3 Å². The van der Waals surface area contributed by atoms with E-state index in [2.05, 4.69) is 5.32 Å². The molecule has 9 heteroatoms. The maximum absolute atomic E-state index is 13.2. The lowest BCUT2D eigenvalue weighted by Gasteiger charge is -2.14. The zero-order valence-corrected chi connectivity index (χ0v) is 20.5. The number of benzene rings is 2. The number of nitrogens with one attached hydrogen (secondary N) is 1. The number of para-hydroxylation sites is 1. The Kier molecular flexibility index (Phi) is 7.67. The molecule has 2 aromatic carbocycles. The van der Waals surface area contributed by atoms with Crippen LogP contribution in [0, 0.1) is 0 Å². The van der Waals surface area contributed by atoms with Gasteiger partial charge in [0.25, 0.3) is 5.56 Å². The third-order valence-corrected chi connectivity index (χ3v) is 6.72. The number of nitrogens with zero attached hydrogens (tertiary/aromatic N) is 2. The van der Waals surface area contributed by atoms with Gasteiger partial charge in [-0.05, 0) is 54.1 Å².